The number of hydrogen-bond acceptors (Lipinski definition) is 1. The van der Waals surface area contributed by atoms with Crippen LogP contribution in [0.1, 0.15) is 11.1 Å². The van der Waals surface area contributed by atoms with Crippen LogP contribution < -0.4 is 10.6 Å². The molecule has 1 aromatic carbocycles. The number of anilines is 1. The van der Waals surface area contributed by atoms with Crippen LogP contribution in [0.4, 0.5) is 10.5 Å². The van der Waals surface area contributed by atoms with Crippen LogP contribution >= 0.6 is 0 Å². The van der Waals surface area contributed by atoms with Crippen molar-refractivity contribution in [3.63, 3.8) is 0 Å². The SMILES string of the molecule is C=CC=CCNC(=O)Nc1ccc(C)c(C)c1. The zero-order valence-electron chi connectivity index (χ0n) is 10.3. The molecule has 3 heteroatoms. The summed E-state index contributed by atoms with van der Waals surface area (Å²) in [7, 11) is 0. The molecule has 0 unspecified atom stereocenters. The third-order valence-electron chi connectivity index (χ3n) is 2.42. The van der Waals surface area contributed by atoms with Gasteiger partial charge in [-0.2, -0.15) is 0 Å². The van der Waals surface area contributed by atoms with E-state index in [0.717, 1.165) is 11.3 Å². The Morgan fingerprint density at radius 3 is 2.76 bits per heavy atom. The quantitative estimate of drug-likeness (QED) is 0.766. The topological polar surface area (TPSA) is 41.1 Å². The molecule has 0 aliphatic rings. The van der Waals surface area contributed by atoms with Gasteiger partial charge in [0.2, 0.25) is 0 Å². The lowest BCUT2D eigenvalue weighted by atomic mass is 10.1. The zero-order valence-corrected chi connectivity index (χ0v) is 10.3. The summed E-state index contributed by atoms with van der Waals surface area (Å²) in [5, 5.41) is 5.49. The van der Waals surface area contributed by atoms with Gasteiger partial charge in [0.05, 0.1) is 0 Å². The van der Waals surface area contributed by atoms with Gasteiger partial charge in [0.15, 0.2) is 0 Å². The van der Waals surface area contributed by atoms with Crippen LogP contribution in [0.15, 0.2) is 43.0 Å². The van der Waals surface area contributed by atoms with E-state index in [1.54, 1.807) is 12.2 Å². The molecule has 0 saturated heterocycles. The maximum Gasteiger partial charge on any atom is 0.319 e. The van der Waals surface area contributed by atoms with Gasteiger partial charge >= 0.3 is 6.03 Å². The van der Waals surface area contributed by atoms with Crippen molar-refractivity contribution in [2.75, 3.05) is 11.9 Å². The Bertz CT molecular complexity index is 436. The fourth-order valence-electron chi connectivity index (χ4n) is 1.31. The molecule has 2 N–H and O–H groups in total. The van der Waals surface area contributed by atoms with Crippen molar-refractivity contribution in [3.05, 3.63) is 54.1 Å². The summed E-state index contributed by atoms with van der Waals surface area (Å²) in [4.78, 5) is 11.5. The van der Waals surface area contributed by atoms with Gasteiger partial charge in [-0.25, -0.2) is 4.79 Å². The Morgan fingerprint density at radius 2 is 2.12 bits per heavy atom. The van der Waals surface area contributed by atoms with Gasteiger partial charge in [0.25, 0.3) is 0 Å². The van der Waals surface area contributed by atoms with E-state index < -0.39 is 0 Å². The molecule has 1 aromatic rings. The molecular formula is C14H18N2O. The molecule has 2 amide bonds. The summed E-state index contributed by atoms with van der Waals surface area (Å²) < 4.78 is 0. The van der Waals surface area contributed by atoms with Crippen LogP contribution in [0.3, 0.4) is 0 Å². The van der Waals surface area contributed by atoms with Crippen molar-refractivity contribution >= 4 is 11.7 Å². The van der Waals surface area contributed by atoms with Crippen molar-refractivity contribution < 1.29 is 4.79 Å². The molecule has 0 aliphatic carbocycles. The number of carbonyl (C=O) groups is 1. The summed E-state index contributed by atoms with van der Waals surface area (Å²) >= 11 is 0. The Kier molecular flexibility index (Phi) is 5.01. The van der Waals surface area contributed by atoms with Gasteiger partial charge in [-0.15, -0.1) is 0 Å². The summed E-state index contributed by atoms with van der Waals surface area (Å²) in [6.07, 6.45) is 5.28. The molecule has 0 radical (unpaired) electrons. The Morgan fingerprint density at radius 1 is 1.35 bits per heavy atom. The van der Waals surface area contributed by atoms with Crippen molar-refractivity contribution in [2.24, 2.45) is 0 Å². The molecule has 0 aromatic heterocycles. The zero-order chi connectivity index (χ0) is 12.7. The van der Waals surface area contributed by atoms with E-state index in [4.69, 9.17) is 0 Å². The number of hydrogen-bond donors (Lipinski definition) is 2. The molecule has 0 saturated carbocycles. The molecule has 0 atom stereocenters. The number of rotatable bonds is 4. The average molecular weight is 230 g/mol. The average Bonchev–Trinajstić information content (AvgIpc) is 2.30. The highest BCUT2D eigenvalue weighted by molar-refractivity contribution is 5.89. The summed E-state index contributed by atoms with van der Waals surface area (Å²) in [6.45, 7) is 8.10. The second-order valence-corrected chi connectivity index (χ2v) is 3.80. The van der Waals surface area contributed by atoms with Crippen molar-refractivity contribution in [1.82, 2.24) is 5.32 Å². The minimum absolute atomic E-state index is 0.207. The van der Waals surface area contributed by atoms with Crippen molar-refractivity contribution in [3.8, 4) is 0 Å². The third kappa shape index (κ3) is 4.55. The number of nitrogens with one attached hydrogen (secondary N) is 2. The first kappa shape index (κ1) is 13.0. The number of benzene rings is 1. The highest BCUT2D eigenvalue weighted by Crippen LogP contribution is 2.13. The van der Waals surface area contributed by atoms with Gasteiger partial charge in [0, 0.05) is 12.2 Å². The van der Waals surface area contributed by atoms with E-state index in [1.807, 2.05) is 38.1 Å². The summed E-state index contributed by atoms with van der Waals surface area (Å²) in [5.41, 5.74) is 3.18. The van der Waals surface area contributed by atoms with E-state index in [2.05, 4.69) is 17.2 Å². The largest absolute Gasteiger partial charge is 0.334 e. The number of carbonyl (C=O) groups excluding carboxylic acids is 1. The highest BCUT2D eigenvalue weighted by Gasteiger charge is 2.00. The second kappa shape index (κ2) is 6.53. The van der Waals surface area contributed by atoms with Crippen LogP contribution in [-0.4, -0.2) is 12.6 Å². The van der Waals surface area contributed by atoms with Crippen molar-refractivity contribution in [2.45, 2.75) is 13.8 Å². The maximum absolute atomic E-state index is 11.5. The van der Waals surface area contributed by atoms with Gasteiger partial charge in [-0.3, -0.25) is 0 Å². The van der Waals surface area contributed by atoms with Crippen LogP contribution in [0.5, 0.6) is 0 Å². The number of urea groups is 1. The van der Waals surface area contributed by atoms with Crippen LogP contribution in [0.2, 0.25) is 0 Å². The summed E-state index contributed by atoms with van der Waals surface area (Å²) in [6, 6.07) is 5.63. The van der Waals surface area contributed by atoms with E-state index in [9.17, 15) is 4.79 Å². The minimum Gasteiger partial charge on any atom is -0.334 e. The molecular weight excluding hydrogens is 212 g/mol. The molecule has 90 valence electrons. The Labute approximate surface area is 102 Å². The van der Waals surface area contributed by atoms with Gasteiger partial charge in [0.1, 0.15) is 0 Å². The molecule has 3 nitrogen and oxygen atoms in total. The third-order valence-corrected chi connectivity index (χ3v) is 2.42. The number of amides is 2. The Hall–Kier alpha value is -2.03. The lowest BCUT2D eigenvalue weighted by Crippen LogP contribution is -2.28. The first-order valence-electron chi connectivity index (χ1n) is 5.53. The molecule has 17 heavy (non-hydrogen) atoms. The predicted molar refractivity (Wildman–Crippen MR) is 72.3 cm³/mol. The highest BCUT2D eigenvalue weighted by atomic mass is 16.2. The maximum atomic E-state index is 11.5. The van der Waals surface area contributed by atoms with Crippen molar-refractivity contribution in [1.29, 1.82) is 0 Å². The standard InChI is InChI=1S/C14H18N2O/c1-4-5-6-9-15-14(17)16-13-8-7-11(2)12(3)10-13/h4-8,10H,1,9H2,2-3H3,(H2,15,16,17). The first-order valence-corrected chi connectivity index (χ1v) is 5.53. The smallest absolute Gasteiger partial charge is 0.319 e. The summed E-state index contributed by atoms with van der Waals surface area (Å²) in [5.74, 6) is 0. The Balaban J connectivity index is 2.47. The fraction of sp³-hybridized carbons (Fsp3) is 0.214. The molecule has 0 aliphatic heterocycles. The van der Waals surface area contributed by atoms with Crippen LogP contribution in [0, 0.1) is 13.8 Å². The number of allylic oxidation sites excluding steroid dienone is 2. The monoisotopic (exact) mass is 230 g/mol. The van der Waals surface area contributed by atoms with Gasteiger partial charge < -0.3 is 10.6 Å². The molecule has 0 fully saturated rings. The van der Waals surface area contributed by atoms with Gasteiger partial charge in [-0.05, 0) is 37.1 Å². The predicted octanol–water partition coefficient (Wildman–Crippen LogP) is 3.17. The van der Waals surface area contributed by atoms with Crippen LogP contribution in [-0.2, 0) is 0 Å². The molecule has 0 bridgehead atoms. The lowest BCUT2D eigenvalue weighted by molar-refractivity contribution is 0.253. The van der Waals surface area contributed by atoms with E-state index >= 15 is 0 Å². The molecule has 1 rings (SSSR count). The van der Waals surface area contributed by atoms with Gasteiger partial charge in [-0.1, -0.05) is 30.9 Å². The second-order valence-electron chi connectivity index (χ2n) is 3.80. The lowest BCUT2D eigenvalue weighted by Gasteiger charge is -2.07. The fourth-order valence-corrected chi connectivity index (χ4v) is 1.31. The van der Waals surface area contributed by atoms with E-state index in [-0.39, 0.29) is 6.03 Å². The molecule has 0 heterocycles. The van der Waals surface area contributed by atoms with E-state index in [0.29, 0.717) is 6.54 Å². The minimum atomic E-state index is -0.207. The van der Waals surface area contributed by atoms with E-state index in [1.165, 1.54) is 5.56 Å². The number of aryl methyl sites for hydroxylation is 2. The normalized spacial score (nSPS) is 10.2. The van der Waals surface area contributed by atoms with Crippen LogP contribution in [0.25, 0.3) is 0 Å². The molecule has 0 spiro atoms. The first-order chi connectivity index (χ1) is 8.13.